The monoisotopic (exact) mass is 271 g/mol. The summed E-state index contributed by atoms with van der Waals surface area (Å²) in [6.07, 6.45) is -0.319. The van der Waals surface area contributed by atoms with E-state index in [2.05, 4.69) is 0 Å². The van der Waals surface area contributed by atoms with Gasteiger partial charge in [0, 0.05) is 18.9 Å². The van der Waals surface area contributed by atoms with Gasteiger partial charge in [0.15, 0.2) is 0 Å². The van der Waals surface area contributed by atoms with Crippen molar-refractivity contribution in [2.45, 2.75) is 26.9 Å². The van der Waals surface area contributed by atoms with Crippen molar-refractivity contribution in [3.05, 3.63) is 29.8 Å². The smallest absolute Gasteiger partial charge is 0.399 e. The van der Waals surface area contributed by atoms with Gasteiger partial charge >= 0.3 is 9.05 Å². The van der Waals surface area contributed by atoms with E-state index in [1.807, 2.05) is 19.1 Å². The average Bonchev–Trinajstić information content (AvgIpc) is 2.30. The fraction of sp³-hybridized carbons (Fsp3) is 0.500. The van der Waals surface area contributed by atoms with E-state index in [1.54, 1.807) is 26.0 Å². The molecule has 1 unspecified atom stereocenters. The Balaban J connectivity index is 2.71. The highest BCUT2D eigenvalue weighted by molar-refractivity contribution is 6.51. The van der Waals surface area contributed by atoms with E-state index in [1.165, 1.54) is 0 Å². The Morgan fingerprint density at radius 2 is 1.67 bits per heavy atom. The van der Waals surface area contributed by atoms with Crippen LogP contribution in [-0.4, -0.2) is 27.1 Å². The number of hydrogen-bond donors (Lipinski definition) is 2. The van der Waals surface area contributed by atoms with Crippen LogP contribution in [0.15, 0.2) is 24.3 Å². The lowest BCUT2D eigenvalue weighted by molar-refractivity contribution is -0.0246. The van der Waals surface area contributed by atoms with Crippen molar-refractivity contribution in [1.29, 1.82) is 0 Å². The molecule has 0 aliphatic heterocycles. The number of benzene rings is 1. The molecule has 0 aliphatic carbocycles. The number of hydrogen-bond acceptors (Lipinski definition) is 5. The molecular formula is C12H21NO4Si. The molecule has 0 bridgehead atoms. The molecule has 0 saturated heterocycles. The Morgan fingerprint density at radius 1 is 1.17 bits per heavy atom. The molecule has 0 heterocycles. The number of nitrogen functional groups attached to an aromatic ring is 1. The van der Waals surface area contributed by atoms with Crippen LogP contribution < -0.4 is 5.73 Å². The van der Waals surface area contributed by atoms with Gasteiger partial charge in [0.1, 0.15) is 0 Å². The zero-order valence-corrected chi connectivity index (χ0v) is 12.1. The van der Waals surface area contributed by atoms with Gasteiger partial charge in [0.2, 0.25) is 0 Å². The van der Waals surface area contributed by atoms with E-state index in [-0.39, 0.29) is 6.10 Å². The van der Waals surface area contributed by atoms with Gasteiger partial charge in [-0.3, -0.25) is 0 Å². The van der Waals surface area contributed by atoms with Gasteiger partial charge in [0.25, 0.3) is 0 Å². The van der Waals surface area contributed by atoms with E-state index in [0.29, 0.717) is 18.9 Å². The van der Waals surface area contributed by atoms with E-state index in [0.717, 1.165) is 5.56 Å². The maximum Gasteiger partial charge on any atom is 0.677 e. The van der Waals surface area contributed by atoms with Crippen LogP contribution in [0.2, 0.25) is 0 Å². The number of anilines is 1. The lowest BCUT2D eigenvalue weighted by Gasteiger charge is -2.25. The molecule has 5 nitrogen and oxygen atoms in total. The van der Waals surface area contributed by atoms with Gasteiger partial charge < -0.3 is 23.8 Å². The Hall–Kier alpha value is -0.923. The summed E-state index contributed by atoms with van der Waals surface area (Å²) in [6, 6.07) is 7.29. The molecule has 0 aromatic heterocycles. The van der Waals surface area contributed by atoms with Gasteiger partial charge in [0.05, 0.1) is 6.10 Å². The van der Waals surface area contributed by atoms with Crippen LogP contribution in [0, 0.1) is 0 Å². The standard InChI is InChI=1S/C12H21NO4Si/c1-4-15-18(14,16-5-2)17-10(3)11-6-8-12(13)9-7-11/h6-10,14H,4-5,13H2,1-3H3. The molecule has 0 aliphatic rings. The first-order valence-electron chi connectivity index (χ1n) is 6.04. The first-order chi connectivity index (χ1) is 8.50. The minimum atomic E-state index is -3.54. The van der Waals surface area contributed by atoms with E-state index >= 15 is 0 Å². The molecule has 1 aromatic rings. The fourth-order valence-electron chi connectivity index (χ4n) is 1.53. The lowest BCUT2D eigenvalue weighted by Crippen LogP contribution is -2.46. The van der Waals surface area contributed by atoms with Crippen LogP contribution in [0.4, 0.5) is 5.69 Å². The van der Waals surface area contributed by atoms with Crippen LogP contribution in [0.5, 0.6) is 0 Å². The van der Waals surface area contributed by atoms with Gasteiger partial charge in [-0.15, -0.1) is 0 Å². The predicted molar refractivity (Wildman–Crippen MR) is 71.6 cm³/mol. The minimum absolute atomic E-state index is 0.319. The Morgan fingerprint density at radius 3 is 2.11 bits per heavy atom. The van der Waals surface area contributed by atoms with Crippen molar-refractivity contribution in [3.63, 3.8) is 0 Å². The highest BCUT2D eigenvalue weighted by Gasteiger charge is 2.42. The zero-order valence-electron chi connectivity index (χ0n) is 11.1. The Labute approximate surface area is 109 Å². The predicted octanol–water partition coefficient (Wildman–Crippen LogP) is 1.85. The van der Waals surface area contributed by atoms with Gasteiger partial charge in [-0.05, 0) is 38.5 Å². The van der Waals surface area contributed by atoms with E-state index in [9.17, 15) is 4.80 Å². The van der Waals surface area contributed by atoms with Gasteiger partial charge in [-0.25, -0.2) is 0 Å². The summed E-state index contributed by atoms with van der Waals surface area (Å²) in [5.41, 5.74) is 7.22. The normalized spacial score (nSPS) is 13.6. The summed E-state index contributed by atoms with van der Waals surface area (Å²) in [6.45, 7) is 6.10. The van der Waals surface area contributed by atoms with Crippen molar-refractivity contribution in [3.8, 4) is 0 Å². The molecule has 0 amide bonds. The number of nitrogens with two attached hydrogens (primary N) is 1. The van der Waals surface area contributed by atoms with Crippen molar-refractivity contribution in [2.24, 2.45) is 0 Å². The van der Waals surface area contributed by atoms with Crippen LogP contribution in [0.25, 0.3) is 0 Å². The molecule has 0 radical (unpaired) electrons. The van der Waals surface area contributed by atoms with Crippen molar-refractivity contribution in [1.82, 2.24) is 0 Å². The Kier molecular flexibility index (Phi) is 5.77. The third-order valence-corrected chi connectivity index (χ3v) is 4.34. The fourth-order valence-corrected chi connectivity index (χ4v) is 3.06. The summed E-state index contributed by atoms with van der Waals surface area (Å²) >= 11 is 0. The van der Waals surface area contributed by atoms with Crippen LogP contribution in [-0.2, 0) is 13.3 Å². The van der Waals surface area contributed by atoms with Gasteiger partial charge in [-0.2, -0.15) is 0 Å². The molecule has 18 heavy (non-hydrogen) atoms. The van der Waals surface area contributed by atoms with Crippen LogP contribution in [0.1, 0.15) is 32.4 Å². The SMILES string of the molecule is CCO[Si](O)(OCC)OC(C)c1ccc(N)cc1. The minimum Gasteiger partial charge on any atom is -0.399 e. The van der Waals surface area contributed by atoms with Gasteiger partial charge in [-0.1, -0.05) is 12.1 Å². The molecule has 1 rings (SSSR count). The third-order valence-electron chi connectivity index (χ3n) is 2.39. The third kappa shape index (κ3) is 4.39. The molecule has 0 spiro atoms. The second kappa shape index (κ2) is 6.86. The lowest BCUT2D eigenvalue weighted by atomic mass is 10.1. The molecule has 102 valence electrons. The quantitative estimate of drug-likeness (QED) is 0.585. The van der Waals surface area contributed by atoms with E-state index < -0.39 is 9.05 Å². The second-order valence-corrected chi connectivity index (χ2v) is 5.68. The molecule has 1 atom stereocenters. The number of rotatable bonds is 7. The Bertz CT molecular complexity index is 352. The maximum absolute atomic E-state index is 10.1. The molecular weight excluding hydrogens is 250 g/mol. The molecule has 0 fully saturated rings. The summed E-state index contributed by atoms with van der Waals surface area (Å²) in [7, 11) is -3.54. The van der Waals surface area contributed by atoms with E-state index in [4.69, 9.17) is 19.0 Å². The molecule has 1 aromatic carbocycles. The summed E-state index contributed by atoms with van der Waals surface area (Å²) in [4.78, 5) is 10.1. The topological polar surface area (TPSA) is 73.9 Å². The zero-order chi connectivity index (χ0) is 13.6. The first-order valence-corrected chi connectivity index (χ1v) is 7.71. The highest BCUT2D eigenvalue weighted by Crippen LogP contribution is 2.22. The van der Waals surface area contributed by atoms with Crippen LogP contribution >= 0.6 is 0 Å². The highest BCUT2D eigenvalue weighted by atomic mass is 28.4. The first kappa shape index (κ1) is 15.1. The molecule has 0 saturated carbocycles. The largest absolute Gasteiger partial charge is 0.677 e. The summed E-state index contributed by atoms with van der Waals surface area (Å²) in [5.74, 6) is 0. The molecule has 6 heteroatoms. The van der Waals surface area contributed by atoms with Crippen molar-refractivity contribution in [2.75, 3.05) is 18.9 Å². The molecule has 3 N–H and O–H groups in total. The summed E-state index contributed by atoms with van der Waals surface area (Å²) in [5, 5.41) is 0. The second-order valence-electron chi connectivity index (χ2n) is 3.82. The summed E-state index contributed by atoms with van der Waals surface area (Å²) < 4.78 is 16.0. The maximum atomic E-state index is 10.1. The van der Waals surface area contributed by atoms with Crippen molar-refractivity contribution < 1.29 is 18.1 Å². The van der Waals surface area contributed by atoms with Crippen molar-refractivity contribution >= 4 is 14.7 Å². The average molecular weight is 271 g/mol. The van der Waals surface area contributed by atoms with Crippen LogP contribution in [0.3, 0.4) is 0 Å².